The van der Waals surface area contributed by atoms with E-state index < -0.39 is 0 Å². The first-order chi connectivity index (χ1) is 8.63. The Kier molecular flexibility index (Phi) is 3.77. The van der Waals surface area contributed by atoms with Gasteiger partial charge in [0.1, 0.15) is 5.69 Å². The van der Waals surface area contributed by atoms with Gasteiger partial charge in [-0.25, -0.2) is 4.68 Å². The molecule has 0 unspecified atom stereocenters. The molecule has 0 radical (unpaired) electrons. The summed E-state index contributed by atoms with van der Waals surface area (Å²) < 4.78 is 1.62. The van der Waals surface area contributed by atoms with Gasteiger partial charge in [-0.15, -0.1) is 5.10 Å². The van der Waals surface area contributed by atoms with E-state index in [0.29, 0.717) is 22.8 Å². The van der Waals surface area contributed by atoms with Crippen molar-refractivity contribution in [1.29, 1.82) is 0 Å². The maximum absolute atomic E-state index is 12.3. The molecule has 0 aliphatic heterocycles. The maximum atomic E-state index is 12.3. The van der Waals surface area contributed by atoms with Crippen molar-refractivity contribution in [1.82, 2.24) is 15.0 Å². The fraction of sp³-hybridized carbons (Fsp3) is 0.308. The predicted molar refractivity (Wildman–Crippen MR) is 69.9 cm³/mol. The van der Waals surface area contributed by atoms with Crippen molar-refractivity contribution in [3.05, 3.63) is 46.2 Å². The number of benzene rings is 1. The van der Waals surface area contributed by atoms with Gasteiger partial charge < -0.3 is 0 Å². The number of carbonyl (C=O) groups excluding carboxylic acids is 1. The van der Waals surface area contributed by atoms with Crippen molar-refractivity contribution >= 4 is 17.4 Å². The molecule has 2 aromatic rings. The van der Waals surface area contributed by atoms with E-state index in [-0.39, 0.29) is 5.78 Å². The van der Waals surface area contributed by atoms with E-state index in [0.717, 1.165) is 12.0 Å². The molecule has 0 atom stereocenters. The number of nitrogens with zero attached hydrogens (tertiary/aromatic N) is 3. The summed E-state index contributed by atoms with van der Waals surface area (Å²) >= 11 is 6.03. The second kappa shape index (κ2) is 5.31. The minimum Gasteiger partial charge on any atom is -0.287 e. The molecule has 0 N–H and O–H groups in total. The highest BCUT2D eigenvalue weighted by Gasteiger charge is 2.15. The molecule has 0 saturated heterocycles. The summed E-state index contributed by atoms with van der Waals surface area (Å²) in [5.41, 5.74) is 2.01. The Bertz CT molecular complexity index is 577. The number of hydrogen-bond acceptors (Lipinski definition) is 3. The molecule has 1 aromatic heterocycles. The molecular formula is C13H14ClN3O. The van der Waals surface area contributed by atoms with Gasteiger partial charge >= 0.3 is 0 Å². The first-order valence-corrected chi connectivity index (χ1v) is 6.20. The molecule has 4 nitrogen and oxygen atoms in total. The molecular weight excluding hydrogens is 250 g/mol. The van der Waals surface area contributed by atoms with Crippen LogP contribution in [0.15, 0.2) is 24.4 Å². The smallest absolute Gasteiger partial charge is 0.212 e. The molecule has 1 heterocycles. The zero-order valence-electron chi connectivity index (χ0n) is 10.4. The minimum atomic E-state index is -0.102. The van der Waals surface area contributed by atoms with E-state index in [9.17, 15) is 4.79 Å². The van der Waals surface area contributed by atoms with Crippen LogP contribution in [0.25, 0.3) is 0 Å². The molecule has 1 aromatic carbocycles. The van der Waals surface area contributed by atoms with Crippen molar-refractivity contribution in [3.8, 4) is 0 Å². The second-order valence-corrected chi connectivity index (χ2v) is 4.54. The lowest BCUT2D eigenvalue weighted by molar-refractivity contribution is 0.102. The molecule has 0 bridgehead atoms. The molecule has 0 amide bonds. The third-order valence-electron chi connectivity index (χ3n) is 2.72. The Morgan fingerprint density at radius 1 is 1.44 bits per heavy atom. The quantitative estimate of drug-likeness (QED) is 0.797. The highest BCUT2D eigenvalue weighted by Crippen LogP contribution is 2.18. The van der Waals surface area contributed by atoms with E-state index in [1.807, 2.05) is 19.9 Å². The first kappa shape index (κ1) is 12.8. The fourth-order valence-corrected chi connectivity index (χ4v) is 1.87. The molecule has 0 aliphatic rings. The van der Waals surface area contributed by atoms with E-state index >= 15 is 0 Å². The lowest BCUT2D eigenvalue weighted by atomic mass is 10.1. The molecule has 5 heteroatoms. The van der Waals surface area contributed by atoms with Crippen LogP contribution in [0.3, 0.4) is 0 Å². The van der Waals surface area contributed by atoms with Crippen LogP contribution in [-0.4, -0.2) is 20.8 Å². The summed E-state index contributed by atoms with van der Waals surface area (Å²) in [4.78, 5) is 12.3. The Balaban J connectivity index is 2.35. The average molecular weight is 264 g/mol. The van der Waals surface area contributed by atoms with Crippen LogP contribution >= 0.6 is 11.6 Å². The molecule has 94 valence electrons. The summed E-state index contributed by atoms with van der Waals surface area (Å²) in [5.74, 6) is -0.102. The summed E-state index contributed by atoms with van der Waals surface area (Å²) in [6.45, 7) is 4.61. The largest absolute Gasteiger partial charge is 0.287 e. The number of hydrogen-bond donors (Lipinski definition) is 0. The van der Waals surface area contributed by atoms with Gasteiger partial charge in [0.2, 0.25) is 5.78 Å². The van der Waals surface area contributed by atoms with E-state index in [4.69, 9.17) is 11.6 Å². The topological polar surface area (TPSA) is 47.8 Å². The average Bonchev–Trinajstić information content (AvgIpc) is 2.80. The molecule has 0 fully saturated rings. The molecule has 0 saturated carbocycles. The van der Waals surface area contributed by atoms with Crippen molar-refractivity contribution in [2.45, 2.75) is 26.8 Å². The highest BCUT2D eigenvalue weighted by atomic mass is 35.5. The number of ketones is 1. The Labute approximate surface area is 111 Å². The predicted octanol–water partition coefficient (Wildman–Crippen LogP) is 2.88. The number of carbonyl (C=O) groups is 1. The van der Waals surface area contributed by atoms with Crippen LogP contribution in [-0.2, 0) is 6.54 Å². The Hall–Kier alpha value is -1.68. The lowest BCUT2D eigenvalue weighted by Crippen LogP contribution is -2.11. The van der Waals surface area contributed by atoms with Crippen molar-refractivity contribution in [3.63, 3.8) is 0 Å². The summed E-state index contributed by atoms with van der Waals surface area (Å²) in [5, 5.41) is 8.28. The highest BCUT2D eigenvalue weighted by molar-refractivity contribution is 6.31. The summed E-state index contributed by atoms with van der Waals surface area (Å²) in [6, 6.07) is 5.29. The molecule has 0 spiro atoms. The maximum Gasteiger partial charge on any atom is 0.212 e. The monoisotopic (exact) mass is 263 g/mol. The van der Waals surface area contributed by atoms with Crippen LogP contribution in [0.5, 0.6) is 0 Å². The summed E-state index contributed by atoms with van der Waals surface area (Å²) in [7, 11) is 0. The van der Waals surface area contributed by atoms with Gasteiger partial charge in [-0.1, -0.05) is 35.9 Å². The van der Waals surface area contributed by atoms with Crippen LogP contribution in [0.1, 0.15) is 35.0 Å². The van der Waals surface area contributed by atoms with Crippen molar-refractivity contribution in [2.24, 2.45) is 0 Å². The van der Waals surface area contributed by atoms with Gasteiger partial charge in [0, 0.05) is 17.1 Å². The van der Waals surface area contributed by atoms with Crippen LogP contribution in [0.2, 0.25) is 5.02 Å². The molecule has 0 aliphatic carbocycles. The van der Waals surface area contributed by atoms with Gasteiger partial charge in [-0.05, 0) is 25.0 Å². The van der Waals surface area contributed by atoms with E-state index in [1.165, 1.54) is 6.20 Å². The van der Waals surface area contributed by atoms with Crippen molar-refractivity contribution in [2.75, 3.05) is 0 Å². The fourth-order valence-electron chi connectivity index (χ4n) is 1.69. The zero-order chi connectivity index (χ0) is 13.1. The zero-order valence-corrected chi connectivity index (χ0v) is 11.1. The van der Waals surface area contributed by atoms with Gasteiger partial charge in [0.15, 0.2) is 0 Å². The lowest BCUT2D eigenvalue weighted by Gasteiger charge is -2.05. The Morgan fingerprint density at radius 2 is 2.22 bits per heavy atom. The number of aromatic nitrogens is 3. The van der Waals surface area contributed by atoms with Crippen molar-refractivity contribution < 1.29 is 4.79 Å². The van der Waals surface area contributed by atoms with Gasteiger partial charge in [0.05, 0.1) is 6.20 Å². The number of aryl methyl sites for hydroxylation is 2. The first-order valence-electron chi connectivity index (χ1n) is 5.82. The standard InChI is InChI=1S/C13H14ClN3O/c1-3-6-17-12(8-15-16-17)13(18)10-5-4-9(2)11(14)7-10/h4-5,7-8H,3,6H2,1-2H3. The van der Waals surface area contributed by atoms with Gasteiger partial charge in [-0.3, -0.25) is 4.79 Å². The van der Waals surface area contributed by atoms with Gasteiger partial charge in [0.25, 0.3) is 0 Å². The summed E-state index contributed by atoms with van der Waals surface area (Å²) in [6.07, 6.45) is 2.39. The third-order valence-corrected chi connectivity index (χ3v) is 3.13. The number of halogens is 1. The molecule has 18 heavy (non-hydrogen) atoms. The van der Waals surface area contributed by atoms with Crippen LogP contribution < -0.4 is 0 Å². The van der Waals surface area contributed by atoms with Crippen LogP contribution in [0, 0.1) is 6.92 Å². The molecule has 2 rings (SSSR count). The SMILES string of the molecule is CCCn1nncc1C(=O)c1ccc(C)c(Cl)c1. The normalized spacial score (nSPS) is 10.6. The van der Waals surface area contributed by atoms with E-state index in [2.05, 4.69) is 10.3 Å². The third kappa shape index (κ3) is 2.43. The van der Waals surface area contributed by atoms with E-state index in [1.54, 1.807) is 16.8 Å². The Morgan fingerprint density at radius 3 is 2.89 bits per heavy atom. The minimum absolute atomic E-state index is 0.102. The second-order valence-electron chi connectivity index (χ2n) is 4.14. The van der Waals surface area contributed by atoms with Crippen LogP contribution in [0.4, 0.5) is 0 Å². The van der Waals surface area contributed by atoms with Gasteiger partial charge in [-0.2, -0.15) is 0 Å². The number of rotatable bonds is 4.